The second-order valence-electron chi connectivity index (χ2n) is 3.61. The van der Waals surface area contributed by atoms with E-state index in [1.165, 1.54) is 0 Å². The topological polar surface area (TPSA) is 274 Å². The van der Waals surface area contributed by atoms with Gasteiger partial charge in [0, 0.05) is 19.2 Å². The van der Waals surface area contributed by atoms with E-state index in [1.54, 1.807) is 0 Å². The van der Waals surface area contributed by atoms with Crippen molar-refractivity contribution < 1.29 is 81.7 Å². The Morgan fingerprint density at radius 1 is 0.560 bits per heavy atom. The van der Waals surface area contributed by atoms with Crippen LogP contribution in [-0.4, -0.2) is 57.4 Å². The van der Waals surface area contributed by atoms with Crippen molar-refractivity contribution in [1.29, 1.82) is 0 Å². The van der Waals surface area contributed by atoms with Crippen LogP contribution < -0.4 is 0 Å². The third kappa shape index (κ3) is 83.5. The van der Waals surface area contributed by atoms with Gasteiger partial charge in [-0.15, -0.1) is 0 Å². The van der Waals surface area contributed by atoms with Crippen molar-refractivity contribution in [2.45, 2.75) is 32.1 Å². The zero-order valence-corrected chi connectivity index (χ0v) is 17.9. The Morgan fingerprint density at radius 2 is 0.760 bits per heavy atom. The van der Waals surface area contributed by atoms with Crippen LogP contribution in [0.1, 0.15) is 32.1 Å². The smallest absolute Gasteiger partial charge is 0.693 e. The average Bonchev–Trinajstić information content (AvgIpc) is 2.27. The number of carbonyl (C=O) groups excluding carboxylic acids is 4. The van der Waals surface area contributed by atoms with Crippen molar-refractivity contribution in [2.24, 2.45) is 0 Å². The predicted octanol–water partition coefficient (Wildman–Crippen LogP) is -0.552. The molecule has 0 bridgehead atoms. The van der Waals surface area contributed by atoms with E-state index in [0.29, 0.717) is 13.1 Å². The molecule has 0 heterocycles. The molecule has 0 aromatic carbocycles. The molecule has 0 aliphatic rings. The standard InChI is InChI=1S/C5H12N2.2C3H4O4.2H2N.2Pt/c6-4-2-1-3-5-7;2*4-2(5)1-3(6)7;;;;/h6-7H,1-5H2;2*1H2,(H,4,5)(H,6,7);2*1H2;;/q-2;;;2*-1;2*+4/p+4. The fourth-order valence-electron chi connectivity index (χ4n) is 0.718. The molecular weight excluding hydrogens is 706 g/mol. The maximum absolute atomic E-state index is 9.58. The molecule has 12 nitrogen and oxygen atoms in total. The summed E-state index contributed by atoms with van der Waals surface area (Å²) in [7, 11) is 0. The fourth-order valence-corrected chi connectivity index (χ4v) is 0.718. The Bertz CT molecular complexity index is 281. The fraction of sp³-hybridized carbons (Fsp3) is 0.636. The largest absolute Gasteiger partial charge is 4.00 e. The van der Waals surface area contributed by atoms with Gasteiger partial charge in [0.2, 0.25) is 0 Å². The summed E-state index contributed by atoms with van der Waals surface area (Å²) in [6.07, 6.45) is 1.84. The molecule has 0 aromatic heterocycles. The molecule has 14 heteroatoms. The van der Waals surface area contributed by atoms with Crippen molar-refractivity contribution >= 4 is 23.9 Å². The number of nitrogens with two attached hydrogens (primary N) is 2. The van der Waals surface area contributed by atoms with Crippen molar-refractivity contribution in [2.75, 3.05) is 13.1 Å². The normalized spacial score (nSPS) is 7.12. The Labute approximate surface area is 174 Å². The molecular formula is C11H28N4O8Pt2+8. The number of nitrogens with one attached hydrogen (secondary N) is 2. The van der Waals surface area contributed by atoms with E-state index in [9.17, 15) is 19.2 Å². The Morgan fingerprint density at radius 3 is 0.840 bits per heavy atom. The van der Waals surface area contributed by atoms with Gasteiger partial charge in [0.1, 0.15) is 0 Å². The molecule has 0 amide bonds. The van der Waals surface area contributed by atoms with Crippen molar-refractivity contribution in [3.63, 3.8) is 0 Å². The van der Waals surface area contributed by atoms with Gasteiger partial charge in [0.05, 0.1) is 0 Å². The van der Waals surface area contributed by atoms with E-state index in [4.69, 9.17) is 31.9 Å². The summed E-state index contributed by atoms with van der Waals surface area (Å²) in [5.41, 5.74) is 13.4. The van der Waals surface area contributed by atoms with Crippen LogP contribution in [0.2, 0.25) is 0 Å². The molecule has 0 aromatic rings. The van der Waals surface area contributed by atoms with Gasteiger partial charge in [-0.25, -0.2) is 0 Å². The zero-order valence-electron chi connectivity index (χ0n) is 13.4. The molecule has 0 unspecified atom stereocenters. The van der Waals surface area contributed by atoms with Crippen LogP contribution in [-0.2, 0) is 61.3 Å². The minimum Gasteiger partial charge on any atom is -0.693 e. The Balaban J connectivity index is -0.0000000360. The van der Waals surface area contributed by atoms with Gasteiger partial charge in [-0.05, 0) is 0 Å². The van der Waals surface area contributed by atoms with Gasteiger partial charge in [-0.3, -0.25) is 0 Å². The molecule has 25 heavy (non-hydrogen) atoms. The van der Waals surface area contributed by atoms with Crippen LogP contribution in [0.4, 0.5) is 0 Å². The molecule has 0 saturated heterocycles. The number of rotatable bonds is 8. The van der Waals surface area contributed by atoms with Crippen LogP contribution >= 0.6 is 0 Å². The number of unbranched alkanes of at least 4 members (excludes halogenated alkanes) is 2. The van der Waals surface area contributed by atoms with Crippen molar-refractivity contribution in [3.8, 4) is 0 Å². The first-order valence-corrected chi connectivity index (χ1v) is 5.94. The number of hydrogen-bond donors (Lipinski definition) is 0. The predicted molar refractivity (Wildman–Crippen MR) is 86.5 cm³/mol. The molecule has 0 fully saturated rings. The van der Waals surface area contributed by atoms with Crippen molar-refractivity contribution in [3.05, 3.63) is 23.8 Å². The second-order valence-corrected chi connectivity index (χ2v) is 3.61. The van der Waals surface area contributed by atoms with Gasteiger partial charge in [0.15, 0.2) is 0 Å². The summed E-state index contributed by atoms with van der Waals surface area (Å²) in [6, 6.07) is 0. The SMILES string of the molecule is O=C([OH2+])CC(=O)[OH2+].O=C([OH2+])CC(=O)[OH2+].[NH-]CCCCC[NH-].[NH2-].[NH2-].[Pt+4].[Pt+4]. The number of carbonyl (C=O) groups is 4. The maximum Gasteiger partial charge on any atom is 4.00 e. The zero-order chi connectivity index (χ0) is 17.3. The molecule has 0 atom stereocenters. The van der Waals surface area contributed by atoms with Crippen LogP contribution in [0, 0.1) is 0 Å². The van der Waals surface area contributed by atoms with E-state index in [1.807, 2.05) is 0 Å². The first-order chi connectivity index (χ1) is 9.67. The van der Waals surface area contributed by atoms with Crippen LogP contribution in [0.15, 0.2) is 0 Å². The molecule has 0 spiro atoms. The molecule has 0 aliphatic carbocycles. The first-order valence-electron chi connectivity index (χ1n) is 5.94. The molecule has 152 valence electrons. The molecule has 0 radical (unpaired) electrons. The molecule has 0 aliphatic heterocycles. The summed E-state index contributed by atoms with van der Waals surface area (Å²) in [4.78, 5) is 38.3. The minimum absolute atomic E-state index is 0. The monoisotopic (exact) mass is 734 g/mol. The molecule has 14 N–H and O–H groups in total. The Hall–Kier alpha value is -0.903. The van der Waals surface area contributed by atoms with Gasteiger partial charge < -0.3 is 44.2 Å². The third-order valence-electron chi connectivity index (χ3n) is 1.50. The molecule has 0 saturated carbocycles. The quantitative estimate of drug-likeness (QED) is 0.180. The van der Waals surface area contributed by atoms with E-state index in [0.717, 1.165) is 19.3 Å². The minimum atomic E-state index is -1.00. The maximum atomic E-state index is 9.58. The summed E-state index contributed by atoms with van der Waals surface area (Å²) >= 11 is 0. The summed E-state index contributed by atoms with van der Waals surface area (Å²) in [6.45, 7) is 1.06. The van der Waals surface area contributed by atoms with Gasteiger partial charge in [-0.1, -0.05) is 19.3 Å². The summed E-state index contributed by atoms with van der Waals surface area (Å²) in [5.74, 6) is -4.00. The first kappa shape index (κ1) is 44.0. The van der Waals surface area contributed by atoms with Crippen LogP contribution in [0.5, 0.6) is 0 Å². The summed E-state index contributed by atoms with van der Waals surface area (Å²) < 4.78 is 0. The average molecular weight is 735 g/mol. The van der Waals surface area contributed by atoms with E-state index < -0.39 is 36.7 Å². The number of hydrogen-bond acceptors (Lipinski definition) is 4. The van der Waals surface area contributed by atoms with E-state index in [2.05, 4.69) is 0 Å². The van der Waals surface area contributed by atoms with Crippen molar-refractivity contribution in [1.82, 2.24) is 0 Å². The van der Waals surface area contributed by atoms with Gasteiger partial charge >= 0.3 is 66.0 Å². The third-order valence-corrected chi connectivity index (χ3v) is 1.50. The van der Waals surface area contributed by atoms with E-state index >= 15 is 0 Å². The summed E-state index contributed by atoms with van der Waals surface area (Å²) in [5, 5.41) is 24.5. The second kappa shape index (κ2) is 34.4. The molecule has 0 rings (SSSR count). The van der Waals surface area contributed by atoms with Crippen LogP contribution in [0.3, 0.4) is 0 Å². The van der Waals surface area contributed by atoms with Gasteiger partial charge in [-0.2, -0.15) is 13.1 Å². The van der Waals surface area contributed by atoms with Gasteiger partial charge in [0.25, 0.3) is 12.8 Å². The van der Waals surface area contributed by atoms with E-state index in [-0.39, 0.29) is 54.4 Å². The Kier molecular flexibility index (Phi) is 60.6. The van der Waals surface area contributed by atoms with Crippen LogP contribution in [0.25, 0.3) is 23.8 Å².